The number of hydrogen-bond acceptors (Lipinski definition) is 5. The maximum absolute atomic E-state index is 12.4. The summed E-state index contributed by atoms with van der Waals surface area (Å²) in [6, 6.07) is 11.4. The molecule has 0 saturated carbocycles. The molecule has 28 heavy (non-hydrogen) atoms. The molecule has 3 rings (SSSR count). The fourth-order valence-corrected chi connectivity index (χ4v) is 2.68. The van der Waals surface area contributed by atoms with E-state index < -0.39 is 23.2 Å². The molecule has 0 fully saturated rings. The van der Waals surface area contributed by atoms with Crippen LogP contribution in [-0.4, -0.2) is 21.7 Å². The summed E-state index contributed by atoms with van der Waals surface area (Å²) in [6.07, 6.45) is 0. The second kappa shape index (κ2) is 7.97. The van der Waals surface area contributed by atoms with E-state index in [9.17, 15) is 19.2 Å². The zero-order valence-corrected chi connectivity index (χ0v) is 15.4. The Hall–Kier alpha value is -3.59. The van der Waals surface area contributed by atoms with E-state index in [0.29, 0.717) is 11.3 Å². The summed E-state index contributed by atoms with van der Waals surface area (Å²) in [5, 5.41) is 5.33. The van der Waals surface area contributed by atoms with Crippen LogP contribution in [0.3, 0.4) is 0 Å². The van der Waals surface area contributed by atoms with E-state index in [2.05, 4.69) is 20.5 Å². The minimum absolute atomic E-state index is 0.00334. The molecular formula is C18H15ClN4O5. The lowest BCUT2D eigenvalue weighted by Crippen LogP contribution is -2.41. The van der Waals surface area contributed by atoms with Crippen LogP contribution in [0.15, 0.2) is 52.1 Å². The van der Waals surface area contributed by atoms with Gasteiger partial charge < -0.3 is 20.5 Å². The van der Waals surface area contributed by atoms with Gasteiger partial charge in [0.25, 0.3) is 5.56 Å². The lowest BCUT2D eigenvalue weighted by molar-refractivity contribution is -0.142. The molecule has 1 aromatic heterocycles. The molecule has 2 aromatic carbocycles. The summed E-state index contributed by atoms with van der Waals surface area (Å²) in [5.41, 5.74) is -0.593. The number of amides is 2. The van der Waals surface area contributed by atoms with Crippen molar-refractivity contribution in [2.45, 2.75) is 13.5 Å². The number of rotatable bonds is 4. The number of hydrogen-bond donors (Lipinski definition) is 3. The van der Waals surface area contributed by atoms with Crippen molar-refractivity contribution in [1.82, 2.24) is 15.0 Å². The second-order valence-electron chi connectivity index (χ2n) is 5.78. The Kier molecular flexibility index (Phi) is 5.46. The van der Waals surface area contributed by atoms with Gasteiger partial charge in [-0.25, -0.2) is 14.4 Å². The molecule has 3 N–H and O–H groups in total. The van der Waals surface area contributed by atoms with Crippen LogP contribution in [0.25, 0.3) is 10.9 Å². The van der Waals surface area contributed by atoms with Crippen LogP contribution in [0.1, 0.15) is 12.5 Å². The van der Waals surface area contributed by atoms with E-state index in [4.69, 9.17) is 11.6 Å². The molecule has 0 unspecified atom stereocenters. The van der Waals surface area contributed by atoms with Crippen molar-refractivity contribution in [1.29, 1.82) is 0 Å². The van der Waals surface area contributed by atoms with Gasteiger partial charge in [-0.15, -0.1) is 0 Å². The monoisotopic (exact) mass is 402 g/mol. The highest BCUT2D eigenvalue weighted by atomic mass is 35.5. The molecule has 3 aromatic rings. The van der Waals surface area contributed by atoms with Crippen molar-refractivity contribution in [3.05, 3.63) is 73.9 Å². The van der Waals surface area contributed by atoms with Gasteiger partial charge in [0.05, 0.1) is 21.6 Å². The third-order valence-corrected chi connectivity index (χ3v) is 4.02. The fraction of sp³-hybridized carbons (Fsp3) is 0.111. The normalized spacial score (nSPS) is 10.5. The number of aromatic amines is 1. The van der Waals surface area contributed by atoms with Crippen LogP contribution < -0.4 is 26.7 Å². The van der Waals surface area contributed by atoms with Crippen molar-refractivity contribution >= 4 is 40.2 Å². The van der Waals surface area contributed by atoms with E-state index in [0.717, 1.165) is 12.5 Å². The Morgan fingerprint density at radius 2 is 1.89 bits per heavy atom. The van der Waals surface area contributed by atoms with Crippen LogP contribution in [0.5, 0.6) is 0 Å². The minimum atomic E-state index is -0.926. The fourth-order valence-electron chi connectivity index (χ4n) is 2.47. The number of halogens is 1. The zero-order chi connectivity index (χ0) is 20.3. The van der Waals surface area contributed by atoms with E-state index in [1.807, 2.05) is 30.3 Å². The molecule has 0 spiro atoms. The predicted octanol–water partition coefficient (Wildman–Crippen LogP) is 1.64. The molecule has 0 radical (unpaired) electrons. The first kappa shape index (κ1) is 19.2. The average molecular weight is 403 g/mol. The number of fused-ring (bicyclic) bond motifs is 1. The summed E-state index contributed by atoms with van der Waals surface area (Å²) in [7, 11) is 0. The van der Waals surface area contributed by atoms with Crippen molar-refractivity contribution in [3.63, 3.8) is 0 Å². The Morgan fingerprint density at radius 3 is 2.57 bits per heavy atom. The van der Waals surface area contributed by atoms with E-state index in [1.54, 1.807) is 0 Å². The van der Waals surface area contributed by atoms with E-state index in [-0.39, 0.29) is 21.6 Å². The van der Waals surface area contributed by atoms with E-state index >= 15 is 0 Å². The zero-order valence-electron chi connectivity index (χ0n) is 14.6. The van der Waals surface area contributed by atoms with Crippen LogP contribution in [-0.2, 0) is 11.3 Å². The molecule has 0 aliphatic carbocycles. The number of nitrogens with one attached hydrogen (secondary N) is 3. The van der Waals surface area contributed by atoms with Crippen molar-refractivity contribution in [2.75, 3.05) is 5.32 Å². The average Bonchev–Trinajstić information content (AvgIpc) is 2.65. The van der Waals surface area contributed by atoms with Crippen molar-refractivity contribution in [2.24, 2.45) is 0 Å². The molecule has 10 heteroatoms. The summed E-state index contributed by atoms with van der Waals surface area (Å²) >= 11 is 6.13. The first-order valence-electron chi connectivity index (χ1n) is 8.11. The van der Waals surface area contributed by atoms with E-state index in [1.165, 1.54) is 12.1 Å². The number of H-pyrrole nitrogens is 1. The molecular weight excluding hydrogens is 388 g/mol. The number of benzene rings is 2. The highest BCUT2D eigenvalue weighted by molar-refractivity contribution is 6.34. The van der Waals surface area contributed by atoms with Gasteiger partial charge in [-0.3, -0.25) is 4.79 Å². The Bertz CT molecular complexity index is 1170. The maximum atomic E-state index is 12.4. The number of anilines is 1. The minimum Gasteiger partial charge on any atom is -0.334 e. The number of carbonyl (C=O) groups excluding carboxylic acids is 2. The lowest BCUT2D eigenvalue weighted by atomic mass is 10.2. The van der Waals surface area contributed by atoms with Crippen molar-refractivity contribution in [3.8, 4) is 0 Å². The highest BCUT2D eigenvalue weighted by Gasteiger charge is 2.14. The third-order valence-electron chi connectivity index (χ3n) is 3.71. The summed E-state index contributed by atoms with van der Waals surface area (Å²) in [5.74, 6) is -0.834. The molecule has 144 valence electrons. The standard InChI is InChI=1S/C18H15ClN4O5/c1-10(24)28-23-16(25)12-7-15(13(19)8-14(12)22-18(23)27)21-17(26)20-9-11-5-3-2-4-6-11/h2-8H,9H2,1H3,(H,22,27)(H2,20,21,26). The number of carbonyl (C=O) groups is 2. The second-order valence-corrected chi connectivity index (χ2v) is 6.19. The quantitative estimate of drug-likeness (QED) is 0.612. The number of nitrogens with zero attached hydrogens (tertiary/aromatic N) is 1. The Labute approximate surface area is 162 Å². The first-order chi connectivity index (χ1) is 13.3. The molecule has 0 bridgehead atoms. The van der Waals surface area contributed by atoms with Crippen molar-refractivity contribution < 1.29 is 14.4 Å². The molecule has 0 aliphatic rings. The topological polar surface area (TPSA) is 122 Å². The van der Waals surface area contributed by atoms with Gasteiger partial charge in [-0.1, -0.05) is 46.7 Å². The summed E-state index contributed by atoms with van der Waals surface area (Å²) in [6.45, 7) is 1.35. The van der Waals surface area contributed by atoms with Crippen LogP contribution in [0, 0.1) is 0 Å². The van der Waals surface area contributed by atoms with Gasteiger partial charge in [0.1, 0.15) is 0 Å². The van der Waals surface area contributed by atoms with Gasteiger partial charge >= 0.3 is 17.7 Å². The Balaban J connectivity index is 1.88. The van der Waals surface area contributed by atoms with Crippen LogP contribution in [0.4, 0.5) is 10.5 Å². The number of aromatic nitrogens is 2. The van der Waals surface area contributed by atoms with Crippen LogP contribution >= 0.6 is 11.6 Å². The van der Waals surface area contributed by atoms with Gasteiger partial charge in [0.2, 0.25) is 0 Å². The smallest absolute Gasteiger partial charge is 0.334 e. The maximum Gasteiger partial charge on any atom is 0.363 e. The lowest BCUT2D eigenvalue weighted by Gasteiger charge is -2.11. The Morgan fingerprint density at radius 1 is 1.18 bits per heavy atom. The third kappa shape index (κ3) is 4.21. The molecule has 9 nitrogen and oxygen atoms in total. The summed E-state index contributed by atoms with van der Waals surface area (Å²) < 4.78 is 0.303. The SMILES string of the molecule is CC(=O)On1c(=O)[nH]c2cc(Cl)c(NC(=O)NCc3ccccc3)cc2c1=O. The first-order valence-corrected chi connectivity index (χ1v) is 8.49. The van der Waals surface area contributed by atoms with Gasteiger partial charge in [0, 0.05) is 13.5 Å². The predicted molar refractivity (Wildman–Crippen MR) is 103 cm³/mol. The molecule has 0 saturated heterocycles. The van der Waals surface area contributed by atoms with Gasteiger partial charge in [-0.2, -0.15) is 0 Å². The summed E-state index contributed by atoms with van der Waals surface area (Å²) in [4.78, 5) is 54.6. The largest absolute Gasteiger partial charge is 0.363 e. The molecule has 2 amide bonds. The number of urea groups is 1. The van der Waals surface area contributed by atoms with Crippen LogP contribution in [0.2, 0.25) is 5.02 Å². The molecule has 0 aliphatic heterocycles. The molecule has 1 heterocycles. The molecule has 0 atom stereocenters. The highest BCUT2D eigenvalue weighted by Crippen LogP contribution is 2.25. The van der Waals surface area contributed by atoms with Gasteiger partial charge in [-0.05, 0) is 17.7 Å². The van der Waals surface area contributed by atoms with Gasteiger partial charge in [0.15, 0.2) is 0 Å².